The average molecular weight is 391 g/mol. The molecule has 0 aliphatic rings. The van der Waals surface area contributed by atoms with Crippen LogP contribution in [0.25, 0.3) is 0 Å². The molecule has 0 saturated carbocycles. The van der Waals surface area contributed by atoms with Crippen LogP contribution in [0, 0.1) is 6.92 Å². The molecular weight excluding hydrogens is 382 g/mol. The summed E-state index contributed by atoms with van der Waals surface area (Å²) in [6.07, 6.45) is 1.63. The maximum Gasteiger partial charge on any atom is 0.253 e. The lowest BCUT2D eigenvalue weighted by Crippen LogP contribution is -2.25. The van der Waals surface area contributed by atoms with Gasteiger partial charge in [-0.2, -0.15) is 0 Å². The fraction of sp³-hybridized carbons (Fsp3) is 0.167. The standard InChI is InChI=1S/C12H9Br2NO2S/c1-7-4-8(13)5-15(12(7)17)6-9(16)10-2-3-11(14)18-10/h2-5H,6H2,1H3. The van der Waals surface area contributed by atoms with Crippen LogP contribution in [-0.2, 0) is 6.54 Å². The van der Waals surface area contributed by atoms with Gasteiger partial charge in [-0.05, 0) is 57.0 Å². The molecule has 0 spiro atoms. The van der Waals surface area contributed by atoms with Crippen molar-refractivity contribution in [1.82, 2.24) is 4.57 Å². The van der Waals surface area contributed by atoms with Crippen molar-refractivity contribution in [3.05, 3.63) is 53.4 Å². The highest BCUT2D eigenvalue weighted by Gasteiger charge is 2.11. The van der Waals surface area contributed by atoms with E-state index < -0.39 is 0 Å². The molecule has 2 aromatic rings. The molecule has 0 unspecified atom stereocenters. The Hall–Kier alpha value is -0.720. The van der Waals surface area contributed by atoms with Gasteiger partial charge >= 0.3 is 0 Å². The van der Waals surface area contributed by atoms with E-state index in [9.17, 15) is 9.59 Å². The monoisotopic (exact) mass is 389 g/mol. The van der Waals surface area contributed by atoms with Crippen molar-refractivity contribution in [2.45, 2.75) is 13.5 Å². The molecule has 0 aliphatic heterocycles. The van der Waals surface area contributed by atoms with Crippen LogP contribution in [-0.4, -0.2) is 10.4 Å². The number of aryl methyl sites for hydroxylation is 1. The van der Waals surface area contributed by atoms with Gasteiger partial charge in [0.05, 0.1) is 15.2 Å². The zero-order valence-electron chi connectivity index (χ0n) is 9.44. The number of carbonyl (C=O) groups excluding carboxylic acids is 1. The number of hydrogen-bond acceptors (Lipinski definition) is 3. The highest BCUT2D eigenvalue weighted by atomic mass is 79.9. The predicted molar refractivity (Wildman–Crippen MR) is 79.5 cm³/mol. The molecule has 2 heterocycles. The number of Topliss-reactive ketones (excluding diaryl/α,β-unsaturated/α-hetero) is 1. The van der Waals surface area contributed by atoms with Gasteiger partial charge < -0.3 is 4.57 Å². The van der Waals surface area contributed by atoms with E-state index in [2.05, 4.69) is 31.9 Å². The Morgan fingerprint density at radius 2 is 2.11 bits per heavy atom. The molecule has 0 bridgehead atoms. The SMILES string of the molecule is Cc1cc(Br)cn(CC(=O)c2ccc(Br)s2)c1=O. The van der Waals surface area contributed by atoms with E-state index in [0.29, 0.717) is 10.4 Å². The van der Waals surface area contributed by atoms with Crippen LogP contribution in [0.3, 0.4) is 0 Å². The zero-order chi connectivity index (χ0) is 13.3. The molecule has 0 radical (unpaired) electrons. The maximum atomic E-state index is 12.0. The lowest BCUT2D eigenvalue weighted by Gasteiger charge is -2.06. The second-order valence-electron chi connectivity index (χ2n) is 3.80. The highest BCUT2D eigenvalue weighted by molar-refractivity contribution is 9.11. The minimum Gasteiger partial charge on any atom is -0.306 e. The van der Waals surface area contributed by atoms with Crippen LogP contribution in [0.2, 0.25) is 0 Å². The lowest BCUT2D eigenvalue weighted by molar-refractivity contribution is 0.0974. The van der Waals surface area contributed by atoms with E-state index in [1.807, 2.05) is 6.07 Å². The first-order valence-corrected chi connectivity index (χ1v) is 7.53. The Morgan fingerprint density at radius 3 is 2.72 bits per heavy atom. The number of hydrogen-bond donors (Lipinski definition) is 0. The van der Waals surface area contributed by atoms with Crippen molar-refractivity contribution in [3.63, 3.8) is 0 Å². The molecule has 0 aliphatic carbocycles. The summed E-state index contributed by atoms with van der Waals surface area (Å²) in [5, 5.41) is 0. The Balaban J connectivity index is 2.30. The first kappa shape index (κ1) is 13.7. The van der Waals surface area contributed by atoms with Gasteiger partial charge in [0.1, 0.15) is 0 Å². The van der Waals surface area contributed by atoms with Gasteiger partial charge in [0, 0.05) is 16.2 Å². The second kappa shape index (κ2) is 5.50. The third kappa shape index (κ3) is 2.99. The number of thiophene rings is 1. The molecule has 0 N–H and O–H groups in total. The van der Waals surface area contributed by atoms with Gasteiger partial charge in [-0.1, -0.05) is 0 Å². The summed E-state index contributed by atoms with van der Waals surface area (Å²) in [6, 6.07) is 5.32. The molecule has 18 heavy (non-hydrogen) atoms. The van der Waals surface area contributed by atoms with Gasteiger partial charge in [0.15, 0.2) is 5.78 Å². The molecule has 2 aromatic heterocycles. The lowest BCUT2D eigenvalue weighted by atomic mass is 10.3. The van der Waals surface area contributed by atoms with E-state index >= 15 is 0 Å². The molecule has 6 heteroatoms. The summed E-state index contributed by atoms with van der Waals surface area (Å²) in [7, 11) is 0. The van der Waals surface area contributed by atoms with E-state index in [0.717, 1.165) is 8.26 Å². The molecule has 94 valence electrons. The van der Waals surface area contributed by atoms with Crippen LogP contribution >= 0.6 is 43.2 Å². The Labute approximate surface area is 125 Å². The number of rotatable bonds is 3. The van der Waals surface area contributed by atoms with Crippen molar-refractivity contribution in [1.29, 1.82) is 0 Å². The van der Waals surface area contributed by atoms with Crippen molar-refractivity contribution in [2.24, 2.45) is 0 Å². The fourth-order valence-electron chi connectivity index (χ4n) is 1.55. The number of pyridine rings is 1. The van der Waals surface area contributed by atoms with Crippen molar-refractivity contribution in [2.75, 3.05) is 0 Å². The largest absolute Gasteiger partial charge is 0.306 e. The number of aromatic nitrogens is 1. The fourth-order valence-corrected chi connectivity index (χ4v) is 3.46. The quantitative estimate of drug-likeness (QED) is 0.750. The first-order chi connectivity index (χ1) is 8.47. The Bertz CT molecular complexity index is 660. The van der Waals surface area contributed by atoms with Crippen LogP contribution in [0.4, 0.5) is 0 Å². The summed E-state index contributed by atoms with van der Waals surface area (Å²) in [4.78, 5) is 24.5. The third-order valence-corrected chi connectivity index (χ3v) is 4.49. The topological polar surface area (TPSA) is 39.1 Å². The number of nitrogens with zero attached hydrogens (tertiary/aromatic N) is 1. The summed E-state index contributed by atoms with van der Waals surface area (Å²) in [5.74, 6) is -0.0645. The maximum absolute atomic E-state index is 12.0. The molecule has 0 atom stereocenters. The van der Waals surface area contributed by atoms with Gasteiger partial charge in [-0.25, -0.2) is 0 Å². The van der Waals surface area contributed by atoms with E-state index in [1.54, 1.807) is 25.3 Å². The molecule has 0 saturated heterocycles. The van der Waals surface area contributed by atoms with E-state index in [1.165, 1.54) is 15.9 Å². The summed E-state index contributed by atoms with van der Waals surface area (Å²) in [6.45, 7) is 1.79. The van der Waals surface area contributed by atoms with Crippen LogP contribution in [0.5, 0.6) is 0 Å². The first-order valence-electron chi connectivity index (χ1n) is 5.12. The predicted octanol–water partition coefficient (Wildman–Crippen LogP) is 3.63. The summed E-state index contributed by atoms with van der Waals surface area (Å²) in [5.41, 5.74) is 0.478. The normalized spacial score (nSPS) is 10.6. The van der Waals surface area contributed by atoms with Crippen molar-refractivity contribution >= 4 is 49.0 Å². The van der Waals surface area contributed by atoms with E-state index in [-0.39, 0.29) is 17.9 Å². The second-order valence-corrected chi connectivity index (χ2v) is 7.18. The van der Waals surface area contributed by atoms with E-state index in [4.69, 9.17) is 0 Å². The van der Waals surface area contributed by atoms with Crippen molar-refractivity contribution in [3.8, 4) is 0 Å². The molecule has 0 aromatic carbocycles. The molecule has 0 amide bonds. The summed E-state index contributed by atoms with van der Waals surface area (Å²) >= 11 is 8.00. The number of carbonyl (C=O) groups is 1. The Morgan fingerprint density at radius 1 is 1.39 bits per heavy atom. The zero-order valence-corrected chi connectivity index (χ0v) is 13.4. The van der Waals surface area contributed by atoms with Gasteiger partial charge in [0.25, 0.3) is 5.56 Å². The van der Waals surface area contributed by atoms with Gasteiger partial charge in [-0.3, -0.25) is 9.59 Å². The van der Waals surface area contributed by atoms with Crippen LogP contribution < -0.4 is 5.56 Å². The van der Waals surface area contributed by atoms with Crippen molar-refractivity contribution < 1.29 is 4.79 Å². The van der Waals surface area contributed by atoms with Gasteiger partial charge in [0.2, 0.25) is 0 Å². The van der Waals surface area contributed by atoms with Crippen LogP contribution in [0.1, 0.15) is 15.2 Å². The number of ketones is 1. The molecule has 3 nitrogen and oxygen atoms in total. The smallest absolute Gasteiger partial charge is 0.253 e. The summed E-state index contributed by atoms with van der Waals surface area (Å²) < 4.78 is 3.12. The van der Waals surface area contributed by atoms with Gasteiger partial charge in [-0.15, -0.1) is 11.3 Å². The molecule has 2 rings (SSSR count). The third-order valence-electron chi connectivity index (χ3n) is 2.39. The number of halogens is 2. The van der Waals surface area contributed by atoms with Crippen LogP contribution in [0.15, 0.2) is 37.4 Å². The minimum atomic E-state index is -0.137. The molecular formula is C12H9Br2NO2S. The Kier molecular flexibility index (Phi) is 4.19. The minimum absolute atomic E-state index is 0.0616. The highest BCUT2D eigenvalue weighted by Crippen LogP contribution is 2.22. The molecule has 0 fully saturated rings. The average Bonchev–Trinajstić information content (AvgIpc) is 2.72.